The molecule has 0 spiro atoms. The fourth-order valence-corrected chi connectivity index (χ4v) is 3.45. The van der Waals surface area contributed by atoms with Gasteiger partial charge in [0.25, 0.3) is 5.56 Å². The van der Waals surface area contributed by atoms with Gasteiger partial charge in [-0.05, 0) is 55.5 Å². The standard InChI is InChI=1S/C20H19N5OS/c1-11-4-7-14(10-12(11)2)25-19(13-5-8-15(27-3)9-6-13)22-18-16(20(25)26)17(21)23-24-18/h4-10H,1-3H3,(H3,21,23,24). The zero-order valence-corrected chi connectivity index (χ0v) is 16.1. The van der Waals surface area contributed by atoms with Gasteiger partial charge in [-0.3, -0.25) is 14.5 Å². The molecule has 2 aromatic heterocycles. The molecule has 0 radical (unpaired) electrons. The molecule has 0 saturated carbocycles. The summed E-state index contributed by atoms with van der Waals surface area (Å²) in [4.78, 5) is 19.1. The Morgan fingerprint density at radius 1 is 1.07 bits per heavy atom. The van der Waals surface area contributed by atoms with E-state index in [2.05, 4.69) is 15.2 Å². The van der Waals surface area contributed by atoms with Crippen LogP contribution in [0.1, 0.15) is 11.1 Å². The molecule has 0 aliphatic carbocycles. The van der Waals surface area contributed by atoms with Crippen LogP contribution in [0, 0.1) is 13.8 Å². The Kier molecular flexibility index (Phi) is 4.24. The molecule has 0 bridgehead atoms. The Bertz CT molecular complexity index is 1210. The van der Waals surface area contributed by atoms with Crippen molar-refractivity contribution in [1.29, 1.82) is 0 Å². The number of nitrogens with zero attached hydrogens (tertiary/aromatic N) is 3. The number of nitrogens with two attached hydrogens (primary N) is 1. The summed E-state index contributed by atoms with van der Waals surface area (Å²) in [5.74, 6) is 0.705. The van der Waals surface area contributed by atoms with Crippen LogP contribution in [0.25, 0.3) is 28.1 Å². The van der Waals surface area contributed by atoms with Crippen molar-refractivity contribution >= 4 is 28.6 Å². The molecular formula is C20H19N5OS. The fourth-order valence-electron chi connectivity index (χ4n) is 3.04. The predicted molar refractivity (Wildman–Crippen MR) is 111 cm³/mol. The van der Waals surface area contributed by atoms with E-state index < -0.39 is 0 Å². The molecule has 0 amide bonds. The highest BCUT2D eigenvalue weighted by Gasteiger charge is 2.18. The van der Waals surface area contributed by atoms with E-state index in [1.165, 1.54) is 0 Å². The molecule has 0 fully saturated rings. The van der Waals surface area contributed by atoms with Gasteiger partial charge >= 0.3 is 0 Å². The average molecular weight is 377 g/mol. The maximum atomic E-state index is 13.3. The minimum atomic E-state index is -0.238. The molecule has 136 valence electrons. The second-order valence-corrected chi connectivity index (χ2v) is 7.29. The van der Waals surface area contributed by atoms with Crippen LogP contribution < -0.4 is 11.3 Å². The third-order valence-corrected chi connectivity index (χ3v) is 5.46. The molecule has 6 nitrogen and oxygen atoms in total. The Labute approximate surface area is 160 Å². The zero-order chi connectivity index (χ0) is 19.1. The lowest BCUT2D eigenvalue weighted by Crippen LogP contribution is -2.22. The second kappa shape index (κ2) is 6.59. The molecule has 2 aromatic carbocycles. The predicted octanol–water partition coefficient (Wildman–Crippen LogP) is 3.70. The highest BCUT2D eigenvalue weighted by Crippen LogP contribution is 2.26. The van der Waals surface area contributed by atoms with Gasteiger partial charge in [0.05, 0.1) is 5.69 Å². The van der Waals surface area contributed by atoms with Gasteiger partial charge in [0.2, 0.25) is 0 Å². The molecule has 7 heteroatoms. The number of aromatic amines is 1. The van der Waals surface area contributed by atoms with Crippen LogP contribution in [0.3, 0.4) is 0 Å². The first-order chi connectivity index (χ1) is 13.0. The number of nitrogens with one attached hydrogen (secondary N) is 1. The van der Waals surface area contributed by atoms with E-state index in [0.717, 1.165) is 27.3 Å². The van der Waals surface area contributed by atoms with Gasteiger partial charge in [-0.25, -0.2) is 4.98 Å². The second-order valence-electron chi connectivity index (χ2n) is 6.41. The van der Waals surface area contributed by atoms with Gasteiger partial charge in [-0.1, -0.05) is 18.2 Å². The number of benzene rings is 2. The van der Waals surface area contributed by atoms with Crippen molar-refractivity contribution in [3.05, 3.63) is 63.9 Å². The Morgan fingerprint density at radius 2 is 1.81 bits per heavy atom. The molecule has 4 aromatic rings. The van der Waals surface area contributed by atoms with E-state index in [4.69, 9.17) is 5.73 Å². The first-order valence-electron chi connectivity index (χ1n) is 8.48. The Hall–Kier alpha value is -3.06. The van der Waals surface area contributed by atoms with Crippen molar-refractivity contribution in [1.82, 2.24) is 19.7 Å². The van der Waals surface area contributed by atoms with Crippen LogP contribution in [0.4, 0.5) is 5.82 Å². The van der Waals surface area contributed by atoms with Gasteiger partial charge in [0, 0.05) is 10.5 Å². The largest absolute Gasteiger partial charge is 0.381 e. The number of aryl methyl sites for hydroxylation is 2. The van der Waals surface area contributed by atoms with E-state index >= 15 is 0 Å². The van der Waals surface area contributed by atoms with Gasteiger partial charge in [0.15, 0.2) is 11.5 Å². The Morgan fingerprint density at radius 3 is 2.48 bits per heavy atom. The van der Waals surface area contributed by atoms with Crippen LogP contribution in [0.15, 0.2) is 52.2 Å². The average Bonchev–Trinajstić information content (AvgIpc) is 3.05. The van der Waals surface area contributed by atoms with Gasteiger partial charge < -0.3 is 5.73 Å². The lowest BCUT2D eigenvalue weighted by atomic mass is 10.1. The lowest BCUT2D eigenvalue weighted by Gasteiger charge is -2.14. The first-order valence-corrected chi connectivity index (χ1v) is 9.70. The molecule has 0 atom stereocenters. The van der Waals surface area contributed by atoms with Gasteiger partial charge in [0.1, 0.15) is 11.2 Å². The van der Waals surface area contributed by atoms with Gasteiger partial charge in [-0.15, -0.1) is 11.8 Å². The number of rotatable bonds is 3. The quantitative estimate of drug-likeness (QED) is 0.532. The summed E-state index contributed by atoms with van der Waals surface area (Å²) in [7, 11) is 0. The van der Waals surface area contributed by atoms with Crippen molar-refractivity contribution in [2.24, 2.45) is 0 Å². The number of hydrogen-bond donors (Lipinski definition) is 2. The minimum absolute atomic E-state index is 0.157. The summed E-state index contributed by atoms with van der Waals surface area (Å²) in [5.41, 5.74) is 9.92. The summed E-state index contributed by atoms with van der Waals surface area (Å²) >= 11 is 1.66. The van der Waals surface area contributed by atoms with Crippen LogP contribution >= 0.6 is 11.8 Å². The maximum Gasteiger partial charge on any atom is 0.271 e. The molecule has 2 heterocycles. The molecule has 3 N–H and O–H groups in total. The molecule has 0 aliphatic rings. The van der Waals surface area contributed by atoms with E-state index in [1.807, 2.05) is 62.6 Å². The number of thioether (sulfide) groups is 1. The number of fused-ring (bicyclic) bond motifs is 1. The third-order valence-electron chi connectivity index (χ3n) is 4.72. The van der Waals surface area contributed by atoms with Crippen LogP contribution in [-0.4, -0.2) is 26.0 Å². The molecule has 0 saturated heterocycles. The summed E-state index contributed by atoms with van der Waals surface area (Å²) in [5, 5.41) is 7.02. The molecule has 0 aliphatic heterocycles. The van der Waals surface area contributed by atoms with Crippen molar-refractivity contribution in [2.45, 2.75) is 18.7 Å². The smallest absolute Gasteiger partial charge is 0.271 e. The van der Waals surface area contributed by atoms with Crippen LogP contribution in [-0.2, 0) is 0 Å². The number of aromatic nitrogens is 4. The van der Waals surface area contributed by atoms with E-state index in [-0.39, 0.29) is 11.4 Å². The van der Waals surface area contributed by atoms with E-state index in [0.29, 0.717) is 16.9 Å². The molecule has 4 rings (SSSR count). The number of H-pyrrole nitrogens is 1. The van der Waals surface area contributed by atoms with Crippen LogP contribution in [0.2, 0.25) is 0 Å². The number of hydrogen-bond acceptors (Lipinski definition) is 5. The van der Waals surface area contributed by atoms with Crippen LogP contribution in [0.5, 0.6) is 0 Å². The lowest BCUT2D eigenvalue weighted by molar-refractivity contribution is 0.967. The zero-order valence-electron chi connectivity index (χ0n) is 15.3. The minimum Gasteiger partial charge on any atom is -0.381 e. The Balaban J connectivity index is 2.06. The van der Waals surface area contributed by atoms with Crippen molar-refractivity contribution in [3.63, 3.8) is 0 Å². The van der Waals surface area contributed by atoms with Crippen molar-refractivity contribution in [3.8, 4) is 17.1 Å². The first kappa shape index (κ1) is 17.4. The summed E-state index contributed by atoms with van der Waals surface area (Å²) < 4.78 is 1.61. The monoisotopic (exact) mass is 377 g/mol. The van der Waals surface area contributed by atoms with E-state index in [1.54, 1.807) is 16.3 Å². The topological polar surface area (TPSA) is 89.6 Å². The molecular weight excluding hydrogens is 358 g/mol. The molecule has 27 heavy (non-hydrogen) atoms. The van der Waals surface area contributed by atoms with Gasteiger partial charge in [-0.2, -0.15) is 5.10 Å². The third kappa shape index (κ3) is 2.90. The highest BCUT2D eigenvalue weighted by atomic mass is 32.2. The summed E-state index contributed by atoms with van der Waals surface area (Å²) in [6, 6.07) is 13.9. The molecule has 0 unspecified atom stereocenters. The fraction of sp³-hybridized carbons (Fsp3) is 0.150. The van der Waals surface area contributed by atoms with Crippen molar-refractivity contribution < 1.29 is 0 Å². The normalized spacial score (nSPS) is 11.2. The maximum absolute atomic E-state index is 13.3. The van der Waals surface area contributed by atoms with E-state index in [9.17, 15) is 4.79 Å². The SMILES string of the molecule is CSc1ccc(-c2nc3[nH]nc(N)c3c(=O)n2-c2ccc(C)c(C)c2)cc1. The summed E-state index contributed by atoms with van der Waals surface area (Å²) in [6.45, 7) is 4.06. The number of nitrogen functional groups attached to an aromatic ring is 1. The summed E-state index contributed by atoms with van der Waals surface area (Å²) in [6.07, 6.45) is 2.03. The van der Waals surface area contributed by atoms with Crippen molar-refractivity contribution in [2.75, 3.05) is 12.0 Å². The number of anilines is 1. The highest BCUT2D eigenvalue weighted by molar-refractivity contribution is 7.98.